The average Bonchev–Trinajstić information content (AvgIpc) is 2.81. The van der Waals surface area contributed by atoms with Gasteiger partial charge >= 0.3 is 11.9 Å². The Kier molecular flexibility index (Phi) is 6.11. The number of hydrogen-bond acceptors (Lipinski definition) is 4. The monoisotopic (exact) mass is 380 g/mol. The molecule has 28 heavy (non-hydrogen) atoms. The number of likely N-dealkylation sites (N-methyl/N-ethyl adjacent to an activating group) is 1. The topological polar surface area (TPSA) is 81.1 Å². The maximum absolute atomic E-state index is 9.55. The Balaban J connectivity index is 0.000000242. The van der Waals surface area contributed by atoms with Crippen LogP contribution in [0.15, 0.2) is 60.7 Å². The van der Waals surface area contributed by atoms with Crippen molar-refractivity contribution in [1.82, 2.24) is 4.90 Å². The minimum atomic E-state index is -1.26. The van der Waals surface area contributed by atoms with Crippen LogP contribution in [0.2, 0.25) is 0 Å². The summed E-state index contributed by atoms with van der Waals surface area (Å²) in [7, 11) is 2.23. The second-order valence-corrected chi connectivity index (χ2v) is 6.99. The Bertz CT molecular complexity index is 878. The van der Waals surface area contributed by atoms with Gasteiger partial charge in [-0.25, -0.2) is 9.59 Å². The first-order chi connectivity index (χ1) is 13.5. The highest BCUT2D eigenvalue weighted by Gasteiger charge is 2.31. The molecule has 146 valence electrons. The number of carboxylic acid groups (broad SMARTS) is 2. The van der Waals surface area contributed by atoms with Gasteiger partial charge in [-0.2, -0.15) is 0 Å². The molecule has 6 heteroatoms. The molecule has 2 aromatic rings. The Morgan fingerprint density at radius 3 is 2.21 bits per heavy atom. The summed E-state index contributed by atoms with van der Waals surface area (Å²) < 4.78 is 0. The lowest BCUT2D eigenvalue weighted by Crippen LogP contribution is -2.46. The van der Waals surface area contributed by atoms with E-state index in [2.05, 4.69) is 65.4 Å². The van der Waals surface area contributed by atoms with E-state index in [9.17, 15) is 9.59 Å². The summed E-state index contributed by atoms with van der Waals surface area (Å²) in [6.45, 7) is 3.38. The number of piperazine rings is 1. The molecule has 2 heterocycles. The van der Waals surface area contributed by atoms with Gasteiger partial charge in [-0.15, -0.1) is 0 Å². The van der Waals surface area contributed by atoms with Crippen LogP contribution in [0.1, 0.15) is 22.7 Å². The van der Waals surface area contributed by atoms with Gasteiger partial charge in [0.05, 0.1) is 6.04 Å². The number of fused-ring (bicyclic) bond motifs is 5. The fraction of sp³-hybridized carbons (Fsp3) is 0.273. The predicted octanol–water partition coefficient (Wildman–Crippen LogP) is 2.80. The maximum atomic E-state index is 9.55. The Labute approximate surface area is 164 Å². The number of anilines is 1. The number of benzene rings is 2. The summed E-state index contributed by atoms with van der Waals surface area (Å²) in [5.41, 5.74) is 5.90. The lowest BCUT2D eigenvalue weighted by molar-refractivity contribution is -0.134. The fourth-order valence-electron chi connectivity index (χ4n) is 3.78. The van der Waals surface area contributed by atoms with Gasteiger partial charge in [0.1, 0.15) is 0 Å². The largest absolute Gasteiger partial charge is 0.478 e. The Morgan fingerprint density at radius 1 is 0.929 bits per heavy atom. The summed E-state index contributed by atoms with van der Waals surface area (Å²) in [5, 5.41) is 15.6. The van der Waals surface area contributed by atoms with Crippen molar-refractivity contribution in [2.75, 3.05) is 31.6 Å². The number of nitrogens with zero attached hydrogens (tertiary/aromatic N) is 2. The number of para-hydroxylation sites is 1. The highest BCUT2D eigenvalue weighted by molar-refractivity contribution is 5.89. The molecule has 0 radical (unpaired) electrons. The van der Waals surface area contributed by atoms with Crippen LogP contribution in [0.5, 0.6) is 0 Å². The highest BCUT2D eigenvalue weighted by Crippen LogP contribution is 2.38. The zero-order valence-corrected chi connectivity index (χ0v) is 15.8. The summed E-state index contributed by atoms with van der Waals surface area (Å²) >= 11 is 0. The molecule has 2 aliphatic rings. The molecule has 0 spiro atoms. The van der Waals surface area contributed by atoms with Crippen molar-refractivity contribution in [2.45, 2.75) is 12.5 Å². The van der Waals surface area contributed by atoms with E-state index in [-0.39, 0.29) is 0 Å². The SMILES string of the molecule is CN1CCN2c3ccccc3Cc3ccccc3[C@@H]2C1.O=C(O)C=CC(=O)O. The molecule has 2 aliphatic heterocycles. The van der Waals surface area contributed by atoms with E-state index in [0.717, 1.165) is 26.1 Å². The van der Waals surface area contributed by atoms with E-state index >= 15 is 0 Å². The molecular formula is C22H24N2O4. The number of rotatable bonds is 2. The first kappa shape index (κ1) is 19.6. The van der Waals surface area contributed by atoms with Gasteiger partial charge in [0.25, 0.3) is 0 Å². The lowest BCUT2D eigenvalue weighted by atomic mass is 9.96. The van der Waals surface area contributed by atoms with Crippen molar-refractivity contribution in [1.29, 1.82) is 0 Å². The molecular weight excluding hydrogens is 356 g/mol. The van der Waals surface area contributed by atoms with Crippen molar-refractivity contribution in [3.05, 3.63) is 77.4 Å². The van der Waals surface area contributed by atoms with Crippen LogP contribution < -0.4 is 4.90 Å². The molecule has 1 fully saturated rings. The number of carboxylic acids is 2. The van der Waals surface area contributed by atoms with Gasteiger partial charge in [0, 0.05) is 37.5 Å². The predicted molar refractivity (Wildman–Crippen MR) is 108 cm³/mol. The van der Waals surface area contributed by atoms with Crippen LogP contribution in [-0.2, 0) is 16.0 Å². The molecule has 0 saturated carbocycles. The van der Waals surface area contributed by atoms with Crippen LogP contribution in [0.3, 0.4) is 0 Å². The van der Waals surface area contributed by atoms with Crippen molar-refractivity contribution in [2.24, 2.45) is 0 Å². The van der Waals surface area contributed by atoms with Gasteiger partial charge in [-0.1, -0.05) is 42.5 Å². The normalized spacial score (nSPS) is 18.2. The smallest absolute Gasteiger partial charge is 0.328 e. The van der Waals surface area contributed by atoms with Crippen LogP contribution in [0, 0.1) is 0 Å². The van der Waals surface area contributed by atoms with E-state index in [0.29, 0.717) is 18.2 Å². The Hall–Kier alpha value is -3.12. The van der Waals surface area contributed by atoms with Crippen molar-refractivity contribution in [3.63, 3.8) is 0 Å². The molecule has 1 saturated heterocycles. The fourth-order valence-corrected chi connectivity index (χ4v) is 3.78. The minimum absolute atomic E-state index is 0.494. The van der Waals surface area contributed by atoms with E-state index in [4.69, 9.17) is 10.2 Å². The summed E-state index contributed by atoms with van der Waals surface area (Å²) in [6, 6.07) is 18.4. The molecule has 0 aromatic heterocycles. The average molecular weight is 380 g/mol. The van der Waals surface area contributed by atoms with Crippen LogP contribution in [0.25, 0.3) is 0 Å². The maximum Gasteiger partial charge on any atom is 0.328 e. The molecule has 2 aromatic carbocycles. The number of hydrogen-bond donors (Lipinski definition) is 2. The second kappa shape index (κ2) is 8.71. The molecule has 2 N–H and O–H groups in total. The highest BCUT2D eigenvalue weighted by atomic mass is 16.4. The summed E-state index contributed by atoms with van der Waals surface area (Å²) in [6.07, 6.45) is 2.17. The molecule has 0 unspecified atom stereocenters. The standard InChI is InChI=1S/C18H20N2.C4H4O4/c1-19-10-11-20-17-9-5-3-7-15(17)12-14-6-2-4-8-16(14)18(20)13-19;5-3(6)1-2-4(7)8/h2-9,18H,10-13H2,1H3;1-2H,(H,5,6)(H,7,8)/t18-;/m0./s1. The van der Waals surface area contributed by atoms with E-state index in [1.165, 1.54) is 22.4 Å². The first-order valence-electron chi connectivity index (χ1n) is 9.20. The number of carbonyl (C=O) groups is 2. The van der Waals surface area contributed by atoms with Gasteiger partial charge in [-0.3, -0.25) is 0 Å². The Morgan fingerprint density at radius 2 is 1.54 bits per heavy atom. The minimum Gasteiger partial charge on any atom is -0.478 e. The lowest BCUT2D eigenvalue weighted by Gasteiger charge is -2.41. The van der Waals surface area contributed by atoms with Gasteiger partial charge in [0.15, 0.2) is 0 Å². The van der Waals surface area contributed by atoms with E-state index < -0.39 is 11.9 Å². The summed E-state index contributed by atoms with van der Waals surface area (Å²) in [4.78, 5) is 24.2. The third kappa shape index (κ3) is 4.58. The van der Waals surface area contributed by atoms with Crippen LogP contribution in [0.4, 0.5) is 5.69 Å². The molecule has 0 amide bonds. The molecule has 1 atom stereocenters. The zero-order valence-electron chi connectivity index (χ0n) is 15.8. The van der Waals surface area contributed by atoms with Gasteiger partial charge in [-0.05, 0) is 36.2 Å². The molecule has 4 rings (SSSR count). The molecule has 0 bridgehead atoms. The van der Waals surface area contributed by atoms with E-state index in [1.807, 2.05) is 0 Å². The van der Waals surface area contributed by atoms with E-state index in [1.54, 1.807) is 0 Å². The van der Waals surface area contributed by atoms with Crippen molar-refractivity contribution < 1.29 is 19.8 Å². The zero-order chi connectivity index (χ0) is 20.1. The number of aliphatic carboxylic acids is 2. The first-order valence-corrected chi connectivity index (χ1v) is 9.20. The van der Waals surface area contributed by atoms with Gasteiger partial charge < -0.3 is 20.0 Å². The summed E-state index contributed by atoms with van der Waals surface area (Å²) in [5.74, 6) is -2.51. The van der Waals surface area contributed by atoms with Gasteiger partial charge in [0.2, 0.25) is 0 Å². The third-order valence-corrected chi connectivity index (χ3v) is 5.05. The van der Waals surface area contributed by atoms with Crippen molar-refractivity contribution in [3.8, 4) is 0 Å². The third-order valence-electron chi connectivity index (χ3n) is 5.05. The van der Waals surface area contributed by atoms with Crippen LogP contribution in [-0.4, -0.2) is 53.7 Å². The molecule has 6 nitrogen and oxygen atoms in total. The van der Waals surface area contributed by atoms with Crippen molar-refractivity contribution >= 4 is 17.6 Å². The second-order valence-electron chi connectivity index (χ2n) is 6.99. The van der Waals surface area contributed by atoms with Crippen LogP contribution >= 0.6 is 0 Å². The molecule has 0 aliphatic carbocycles. The quantitative estimate of drug-likeness (QED) is 0.780.